The van der Waals surface area contributed by atoms with Crippen LogP contribution in [0, 0.1) is 0 Å². The van der Waals surface area contributed by atoms with Gasteiger partial charge < -0.3 is 9.84 Å². The number of benzene rings is 1. The van der Waals surface area contributed by atoms with E-state index in [1.165, 1.54) is 5.03 Å². The lowest BCUT2D eigenvalue weighted by atomic mass is 10.2. The van der Waals surface area contributed by atoms with Gasteiger partial charge >= 0.3 is 0 Å². The fourth-order valence-corrected chi connectivity index (χ4v) is 5.09. The van der Waals surface area contributed by atoms with E-state index in [1.54, 1.807) is 36.7 Å². The number of phenolic OH excluding ortho intramolecular Hbond substituents is 1. The van der Waals surface area contributed by atoms with Crippen molar-refractivity contribution in [2.45, 2.75) is 36.7 Å². The largest absolute Gasteiger partial charge is 0.504 e. The maximum absolute atomic E-state index is 9.84. The minimum Gasteiger partial charge on any atom is -0.504 e. The number of hydrogen-bond acceptors (Lipinski definition) is 7. The van der Waals surface area contributed by atoms with E-state index in [1.807, 2.05) is 12.1 Å². The molecule has 0 spiro atoms. The summed E-state index contributed by atoms with van der Waals surface area (Å²) in [5.41, 5.74) is 1.07. The molecule has 6 nitrogen and oxygen atoms in total. The van der Waals surface area contributed by atoms with Crippen molar-refractivity contribution in [3.63, 3.8) is 0 Å². The highest BCUT2D eigenvalue weighted by Crippen LogP contribution is 2.51. The highest BCUT2D eigenvalue weighted by Gasteiger charge is 2.39. The normalized spacial score (nSPS) is 18.5. The van der Waals surface area contributed by atoms with Gasteiger partial charge in [-0.3, -0.25) is 5.01 Å². The van der Waals surface area contributed by atoms with E-state index in [0.29, 0.717) is 5.75 Å². The zero-order chi connectivity index (χ0) is 16.7. The highest BCUT2D eigenvalue weighted by atomic mass is 32.2. The van der Waals surface area contributed by atoms with Crippen molar-refractivity contribution in [2.75, 3.05) is 12.1 Å². The maximum Gasteiger partial charge on any atom is 0.216 e. The zero-order valence-electron chi connectivity index (χ0n) is 13.5. The summed E-state index contributed by atoms with van der Waals surface area (Å²) >= 11 is 3.39. The summed E-state index contributed by atoms with van der Waals surface area (Å²) < 4.78 is 7.39. The van der Waals surface area contributed by atoms with E-state index in [9.17, 15) is 5.11 Å². The Bertz CT molecular complexity index is 805. The third kappa shape index (κ3) is 2.44. The second-order valence-corrected chi connectivity index (χ2v) is 7.58. The first-order valence-electron chi connectivity index (χ1n) is 7.87. The van der Waals surface area contributed by atoms with Crippen LogP contribution in [0.25, 0.3) is 0 Å². The number of hydrogen-bond donors (Lipinski definition) is 1. The average Bonchev–Trinajstić information content (AvgIpc) is 3.25. The van der Waals surface area contributed by atoms with E-state index < -0.39 is 0 Å². The van der Waals surface area contributed by atoms with Crippen LogP contribution >= 0.6 is 23.5 Å². The molecule has 0 aliphatic carbocycles. The molecular weight excluding hydrogens is 344 g/mol. The molecule has 2 aromatic rings. The molecule has 0 bridgehead atoms. The molecule has 0 saturated carbocycles. The first-order valence-corrected chi connectivity index (χ1v) is 9.63. The minimum atomic E-state index is 0.0830. The molecule has 0 saturated heterocycles. The minimum absolute atomic E-state index is 0.0830. The Labute approximate surface area is 148 Å². The lowest BCUT2D eigenvalue weighted by Crippen LogP contribution is -2.30. The number of phenols is 1. The molecule has 3 heterocycles. The lowest BCUT2D eigenvalue weighted by molar-refractivity contribution is 0.373. The summed E-state index contributed by atoms with van der Waals surface area (Å²) in [6, 6.07) is 5.51. The molecule has 126 valence electrons. The summed E-state index contributed by atoms with van der Waals surface area (Å²) in [5.74, 6) is 1.64. The first kappa shape index (κ1) is 15.7. The number of aromatic nitrogens is 3. The van der Waals surface area contributed by atoms with Gasteiger partial charge in [0.15, 0.2) is 17.3 Å². The molecule has 8 heteroatoms. The molecule has 0 amide bonds. The summed E-state index contributed by atoms with van der Waals surface area (Å²) in [6.45, 7) is 2.18. The van der Waals surface area contributed by atoms with Gasteiger partial charge in [-0.2, -0.15) is 0 Å². The quantitative estimate of drug-likeness (QED) is 0.871. The number of aromatic hydroxyl groups is 1. The summed E-state index contributed by atoms with van der Waals surface area (Å²) in [7, 11) is 1.57. The van der Waals surface area contributed by atoms with Gasteiger partial charge in [0, 0.05) is 11.8 Å². The number of ether oxygens (including phenoxy) is 1. The van der Waals surface area contributed by atoms with Gasteiger partial charge in [0.1, 0.15) is 10.4 Å². The number of methoxy groups -OCH3 is 1. The van der Waals surface area contributed by atoms with E-state index in [-0.39, 0.29) is 11.1 Å². The van der Waals surface area contributed by atoms with Crippen LogP contribution in [0.1, 0.15) is 36.5 Å². The lowest BCUT2D eigenvalue weighted by Gasteiger charge is -2.26. The number of aryl methyl sites for hydroxylation is 1. The number of nitrogens with zero attached hydrogens (tertiary/aromatic N) is 4. The Hall–Kier alpha value is -1.80. The van der Waals surface area contributed by atoms with Crippen molar-refractivity contribution >= 4 is 23.5 Å². The maximum atomic E-state index is 9.84. The number of fused-ring (bicyclic) bond motifs is 3. The SMILES string of the molecule is CCCCc1nnc2n1N1C(=CSC1c1ccc(O)c(OC)c1)S2. The monoisotopic (exact) mass is 362 g/mol. The van der Waals surface area contributed by atoms with Crippen molar-refractivity contribution < 1.29 is 9.84 Å². The molecule has 1 aromatic carbocycles. The van der Waals surface area contributed by atoms with Crippen LogP contribution in [0.3, 0.4) is 0 Å². The van der Waals surface area contributed by atoms with Gasteiger partial charge in [-0.15, -0.1) is 10.2 Å². The molecule has 2 aliphatic rings. The van der Waals surface area contributed by atoms with E-state index in [0.717, 1.165) is 35.8 Å². The van der Waals surface area contributed by atoms with Crippen molar-refractivity contribution in [2.24, 2.45) is 0 Å². The Morgan fingerprint density at radius 1 is 1.33 bits per heavy atom. The fourth-order valence-electron chi connectivity index (χ4n) is 2.85. The fraction of sp³-hybridized carbons (Fsp3) is 0.375. The smallest absolute Gasteiger partial charge is 0.216 e. The second kappa shape index (κ2) is 6.25. The van der Waals surface area contributed by atoms with Crippen molar-refractivity contribution in [1.82, 2.24) is 14.9 Å². The summed E-state index contributed by atoms with van der Waals surface area (Å²) in [6.07, 6.45) is 3.15. The zero-order valence-corrected chi connectivity index (χ0v) is 15.1. The number of thioether (sulfide) groups is 2. The molecular formula is C16H18N4O2S2. The molecule has 0 fully saturated rings. The van der Waals surface area contributed by atoms with Crippen molar-refractivity contribution in [3.8, 4) is 11.5 Å². The van der Waals surface area contributed by atoms with E-state index in [4.69, 9.17) is 4.74 Å². The Balaban J connectivity index is 1.70. The van der Waals surface area contributed by atoms with E-state index in [2.05, 4.69) is 32.2 Å². The van der Waals surface area contributed by atoms with Gasteiger partial charge in [-0.05, 0) is 35.9 Å². The molecule has 4 rings (SSSR count). The van der Waals surface area contributed by atoms with Gasteiger partial charge in [-0.25, -0.2) is 4.68 Å². The van der Waals surface area contributed by atoms with Gasteiger partial charge in [0.05, 0.1) is 7.11 Å². The standard InChI is InChI=1S/C16H18N4O2S2/c1-3-4-5-13-17-18-16-19(13)20-14(24-16)9-23-15(20)10-6-7-11(21)12(8-10)22-2/h6-9,15,21H,3-5H2,1-2H3. The Kier molecular flexibility index (Phi) is 4.09. The summed E-state index contributed by atoms with van der Waals surface area (Å²) in [4.78, 5) is 0. The van der Waals surface area contributed by atoms with Gasteiger partial charge in [0.2, 0.25) is 5.16 Å². The van der Waals surface area contributed by atoms with Crippen LogP contribution in [-0.2, 0) is 6.42 Å². The van der Waals surface area contributed by atoms with Crippen LogP contribution in [0.2, 0.25) is 0 Å². The Morgan fingerprint density at radius 3 is 3.00 bits per heavy atom. The van der Waals surface area contributed by atoms with Crippen molar-refractivity contribution in [3.05, 3.63) is 40.0 Å². The molecule has 1 atom stereocenters. The third-order valence-electron chi connectivity index (χ3n) is 4.08. The van der Waals surface area contributed by atoms with Crippen LogP contribution in [0.5, 0.6) is 11.5 Å². The van der Waals surface area contributed by atoms with Crippen LogP contribution in [-0.4, -0.2) is 27.1 Å². The topological polar surface area (TPSA) is 63.4 Å². The first-order chi connectivity index (χ1) is 11.7. The second-order valence-electron chi connectivity index (χ2n) is 5.64. The molecule has 0 radical (unpaired) electrons. The van der Waals surface area contributed by atoms with Crippen LogP contribution in [0.15, 0.2) is 33.8 Å². The molecule has 2 aliphatic heterocycles. The number of rotatable bonds is 5. The molecule has 24 heavy (non-hydrogen) atoms. The summed E-state index contributed by atoms with van der Waals surface area (Å²) in [5, 5.41) is 25.1. The van der Waals surface area contributed by atoms with Crippen LogP contribution < -0.4 is 9.75 Å². The molecule has 1 N–H and O–H groups in total. The highest BCUT2D eigenvalue weighted by molar-refractivity contribution is 8.07. The van der Waals surface area contributed by atoms with Gasteiger partial charge in [0.25, 0.3) is 0 Å². The van der Waals surface area contributed by atoms with Gasteiger partial charge in [-0.1, -0.05) is 31.2 Å². The van der Waals surface area contributed by atoms with Crippen molar-refractivity contribution in [1.29, 1.82) is 0 Å². The predicted octanol–water partition coefficient (Wildman–Crippen LogP) is 3.62. The average molecular weight is 362 g/mol. The van der Waals surface area contributed by atoms with E-state index >= 15 is 0 Å². The van der Waals surface area contributed by atoms with Crippen LogP contribution in [0.4, 0.5) is 0 Å². The Morgan fingerprint density at radius 2 is 2.21 bits per heavy atom. The third-order valence-corrected chi connectivity index (χ3v) is 6.27. The predicted molar refractivity (Wildman–Crippen MR) is 95.8 cm³/mol. The number of unbranched alkanes of at least 4 members (excludes halogenated alkanes) is 1. The molecule has 1 unspecified atom stereocenters. The molecule has 1 aromatic heterocycles.